The maximum absolute atomic E-state index is 12.3. The smallest absolute Gasteiger partial charge is 0.163 e. The molecule has 0 bridgehead atoms. The minimum absolute atomic E-state index is 0.0622. The van der Waals surface area contributed by atoms with Gasteiger partial charge in [-0.3, -0.25) is 4.21 Å². The number of hydrogen-bond donors (Lipinski definition) is 0. The van der Waals surface area contributed by atoms with Crippen LogP contribution in [0.1, 0.15) is 63.9 Å². The molecule has 2 rings (SSSR count). The first-order chi connectivity index (χ1) is 10.2. The van der Waals surface area contributed by atoms with E-state index in [1.807, 2.05) is 31.2 Å². The molecule has 118 valence electrons. The van der Waals surface area contributed by atoms with E-state index in [2.05, 4.69) is 6.92 Å². The number of epoxide rings is 1. The van der Waals surface area contributed by atoms with Crippen LogP contribution in [0.25, 0.3) is 0 Å². The summed E-state index contributed by atoms with van der Waals surface area (Å²) in [5, 5.41) is 0. The van der Waals surface area contributed by atoms with E-state index in [-0.39, 0.29) is 11.5 Å². The molecule has 0 amide bonds. The Labute approximate surface area is 131 Å². The van der Waals surface area contributed by atoms with E-state index >= 15 is 0 Å². The zero-order chi connectivity index (χ0) is 15.1. The fraction of sp³-hybridized carbons (Fsp3) is 0.667. The third kappa shape index (κ3) is 5.55. The van der Waals surface area contributed by atoms with E-state index in [0.717, 1.165) is 11.3 Å². The van der Waals surface area contributed by atoms with Crippen LogP contribution in [0.5, 0.6) is 0 Å². The molecule has 1 aliphatic heterocycles. The lowest BCUT2D eigenvalue weighted by atomic mass is 10.1. The summed E-state index contributed by atoms with van der Waals surface area (Å²) in [7, 11) is -0.996. The highest BCUT2D eigenvalue weighted by molar-refractivity contribution is 7.85. The molecule has 0 saturated carbocycles. The Bertz CT molecular complexity index is 441. The molecule has 1 aromatic rings. The molecule has 3 heteroatoms. The van der Waals surface area contributed by atoms with Gasteiger partial charge in [0.2, 0.25) is 0 Å². The largest absolute Gasteiger partial charge is 0.355 e. The molecule has 1 saturated heterocycles. The Morgan fingerprint density at radius 2 is 1.62 bits per heavy atom. The standard InChI is InChI=1S/C18H28O2S/c1-3-4-5-6-7-8-9-10-17-18(20-17)21(19)16-13-11-15(2)12-14-16/h11-14,17-18H,3-10H2,1-2H3/t17-,18+,21?/m1/s1. The summed E-state index contributed by atoms with van der Waals surface area (Å²) in [4.78, 5) is 0.896. The highest BCUT2D eigenvalue weighted by Gasteiger charge is 2.43. The van der Waals surface area contributed by atoms with Crippen LogP contribution >= 0.6 is 0 Å². The first-order valence-electron chi connectivity index (χ1n) is 8.35. The Kier molecular flexibility index (Phi) is 6.91. The molecular formula is C18H28O2S. The van der Waals surface area contributed by atoms with Crippen molar-refractivity contribution in [2.45, 2.75) is 81.6 Å². The van der Waals surface area contributed by atoms with Crippen molar-refractivity contribution < 1.29 is 8.95 Å². The predicted octanol–water partition coefficient (Wildman–Crippen LogP) is 4.97. The van der Waals surface area contributed by atoms with Gasteiger partial charge in [0.1, 0.15) is 0 Å². The number of hydrogen-bond acceptors (Lipinski definition) is 2. The summed E-state index contributed by atoms with van der Waals surface area (Å²) in [6.07, 6.45) is 10.5. The van der Waals surface area contributed by atoms with Gasteiger partial charge in [0.25, 0.3) is 0 Å². The van der Waals surface area contributed by atoms with Crippen LogP contribution in [0.15, 0.2) is 29.2 Å². The van der Waals surface area contributed by atoms with Gasteiger partial charge in [0.05, 0.1) is 16.9 Å². The molecule has 3 atom stereocenters. The van der Waals surface area contributed by atoms with Gasteiger partial charge in [-0.15, -0.1) is 0 Å². The summed E-state index contributed by atoms with van der Waals surface area (Å²) in [5.41, 5.74) is 1.14. The topological polar surface area (TPSA) is 29.6 Å². The highest BCUT2D eigenvalue weighted by atomic mass is 32.2. The molecule has 2 nitrogen and oxygen atoms in total. The third-order valence-electron chi connectivity index (χ3n) is 4.09. The number of ether oxygens (including phenoxy) is 1. The maximum atomic E-state index is 12.3. The van der Waals surface area contributed by atoms with Gasteiger partial charge in [0.15, 0.2) is 5.44 Å². The van der Waals surface area contributed by atoms with E-state index in [1.165, 1.54) is 50.5 Å². The lowest BCUT2D eigenvalue weighted by Gasteiger charge is -2.01. The van der Waals surface area contributed by atoms with Crippen molar-refractivity contribution >= 4 is 10.8 Å². The molecular weight excluding hydrogens is 280 g/mol. The summed E-state index contributed by atoms with van der Waals surface area (Å²) in [5.74, 6) is 0. The van der Waals surface area contributed by atoms with Crippen LogP contribution in [0.2, 0.25) is 0 Å². The zero-order valence-corrected chi connectivity index (χ0v) is 14.2. The fourth-order valence-electron chi connectivity index (χ4n) is 2.63. The predicted molar refractivity (Wildman–Crippen MR) is 88.9 cm³/mol. The fourth-order valence-corrected chi connectivity index (χ4v) is 3.96. The van der Waals surface area contributed by atoms with Gasteiger partial charge >= 0.3 is 0 Å². The summed E-state index contributed by atoms with van der Waals surface area (Å²) < 4.78 is 17.9. The molecule has 0 aliphatic carbocycles. The average molecular weight is 308 g/mol. The normalized spacial score (nSPS) is 22.2. The lowest BCUT2D eigenvalue weighted by molar-refractivity contribution is 0.379. The van der Waals surface area contributed by atoms with Gasteiger partial charge in [0, 0.05) is 4.90 Å². The van der Waals surface area contributed by atoms with Crippen molar-refractivity contribution in [1.82, 2.24) is 0 Å². The lowest BCUT2D eigenvalue weighted by Crippen LogP contribution is -2.03. The van der Waals surface area contributed by atoms with Gasteiger partial charge in [-0.1, -0.05) is 69.6 Å². The number of benzene rings is 1. The second-order valence-corrected chi connectivity index (χ2v) is 7.59. The van der Waals surface area contributed by atoms with Gasteiger partial charge in [-0.05, 0) is 25.5 Å². The van der Waals surface area contributed by atoms with Gasteiger partial charge in [-0.25, -0.2) is 0 Å². The van der Waals surface area contributed by atoms with Crippen molar-refractivity contribution in [1.29, 1.82) is 0 Å². The molecule has 21 heavy (non-hydrogen) atoms. The maximum Gasteiger partial charge on any atom is 0.163 e. The quantitative estimate of drug-likeness (QED) is 0.451. The van der Waals surface area contributed by atoms with Crippen molar-refractivity contribution in [3.63, 3.8) is 0 Å². The van der Waals surface area contributed by atoms with Crippen molar-refractivity contribution in [3.8, 4) is 0 Å². The number of aryl methyl sites for hydroxylation is 1. The highest BCUT2D eigenvalue weighted by Crippen LogP contribution is 2.33. The number of unbranched alkanes of at least 4 members (excludes halogenated alkanes) is 6. The van der Waals surface area contributed by atoms with Crippen LogP contribution < -0.4 is 0 Å². The Morgan fingerprint density at radius 1 is 1.00 bits per heavy atom. The Hall–Kier alpha value is -0.670. The second-order valence-electron chi connectivity index (χ2n) is 6.06. The first-order valence-corrected chi connectivity index (χ1v) is 9.56. The average Bonchev–Trinajstić information content (AvgIpc) is 3.26. The minimum atomic E-state index is -0.996. The summed E-state index contributed by atoms with van der Waals surface area (Å²) >= 11 is 0. The first kappa shape index (κ1) is 16.7. The molecule has 1 aromatic carbocycles. The van der Waals surface area contributed by atoms with E-state index in [0.29, 0.717) is 0 Å². The van der Waals surface area contributed by atoms with Gasteiger partial charge in [-0.2, -0.15) is 0 Å². The van der Waals surface area contributed by atoms with Crippen molar-refractivity contribution in [2.75, 3.05) is 0 Å². The Balaban J connectivity index is 1.59. The monoisotopic (exact) mass is 308 g/mol. The minimum Gasteiger partial charge on any atom is -0.355 e. The zero-order valence-electron chi connectivity index (χ0n) is 13.3. The van der Waals surface area contributed by atoms with Crippen LogP contribution in [-0.4, -0.2) is 15.7 Å². The van der Waals surface area contributed by atoms with Crippen LogP contribution in [0.4, 0.5) is 0 Å². The van der Waals surface area contributed by atoms with Gasteiger partial charge < -0.3 is 4.74 Å². The molecule has 1 unspecified atom stereocenters. The van der Waals surface area contributed by atoms with Crippen LogP contribution in [0.3, 0.4) is 0 Å². The second kappa shape index (κ2) is 8.70. The molecule has 0 N–H and O–H groups in total. The SMILES string of the molecule is CCCCCCCCC[C@H]1O[C@H]1S(=O)c1ccc(C)cc1. The van der Waals surface area contributed by atoms with Crippen LogP contribution in [-0.2, 0) is 15.5 Å². The van der Waals surface area contributed by atoms with E-state index in [1.54, 1.807) is 0 Å². The number of rotatable bonds is 10. The molecule has 0 aromatic heterocycles. The molecule has 0 radical (unpaired) electrons. The Morgan fingerprint density at radius 3 is 2.29 bits per heavy atom. The van der Waals surface area contributed by atoms with E-state index < -0.39 is 10.8 Å². The van der Waals surface area contributed by atoms with E-state index in [9.17, 15) is 4.21 Å². The van der Waals surface area contributed by atoms with Crippen molar-refractivity contribution in [3.05, 3.63) is 29.8 Å². The summed E-state index contributed by atoms with van der Waals surface area (Å²) in [6.45, 7) is 4.29. The molecule has 0 spiro atoms. The van der Waals surface area contributed by atoms with Crippen LogP contribution in [0, 0.1) is 6.92 Å². The third-order valence-corrected chi connectivity index (χ3v) is 5.67. The van der Waals surface area contributed by atoms with Crippen molar-refractivity contribution in [2.24, 2.45) is 0 Å². The molecule has 1 fully saturated rings. The molecule has 1 heterocycles. The van der Waals surface area contributed by atoms with E-state index in [4.69, 9.17) is 4.74 Å². The summed E-state index contributed by atoms with van der Waals surface area (Å²) in [6, 6.07) is 7.94. The molecule has 1 aliphatic rings.